The van der Waals surface area contributed by atoms with Gasteiger partial charge in [0.2, 0.25) is 0 Å². The second-order valence-corrected chi connectivity index (χ2v) is 3.33. The molecule has 0 aliphatic carbocycles. The fourth-order valence-corrected chi connectivity index (χ4v) is 1.12. The van der Waals surface area contributed by atoms with Gasteiger partial charge in [0.1, 0.15) is 0 Å². The lowest BCUT2D eigenvalue weighted by molar-refractivity contribution is 1.11. The first-order valence-electron chi connectivity index (χ1n) is 3.00. The van der Waals surface area contributed by atoms with Gasteiger partial charge in [-0.2, -0.15) is 0 Å². The lowest BCUT2D eigenvalue weighted by Gasteiger charge is -2.02. The van der Waals surface area contributed by atoms with Gasteiger partial charge < -0.3 is 5.73 Å². The minimum absolute atomic E-state index is 0.825. The third kappa shape index (κ3) is 1.39. The number of hydrogen-bond acceptors (Lipinski definition) is 2. The molecule has 0 unspecified atom stereocenters. The van der Waals surface area contributed by atoms with Gasteiger partial charge in [-0.05, 0) is 42.5 Å². The van der Waals surface area contributed by atoms with Crippen LogP contribution in [-0.2, 0) is 0 Å². The number of pyridine rings is 1. The minimum atomic E-state index is 0.825. The Hall–Kier alpha value is -0.320. The van der Waals surface area contributed by atoms with Gasteiger partial charge >= 0.3 is 0 Å². The molecule has 1 aromatic heterocycles. The fourth-order valence-electron chi connectivity index (χ4n) is 0.843. The van der Waals surface area contributed by atoms with E-state index in [2.05, 4.69) is 27.6 Å². The Labute approximate surface area is 74.0 Å². The van der Waals surface area contributed by atoms with Crippen molar-refractivity contribution in [2.75, 3.05) is 5.73 Å². The molecule has 2 N–H and O–H groups in total. The Kier molecular flexibility index (Phi) is 2.13. The van der Waals surface area contributed by atoms with Crippen LogP contribution >= 0.6 is 22.6 Å². The van der Waals surface area contributed by atoms with E-state index in [1.165, 1.54) is 0 Å². The predicted octanol–water partition coefficient (Wildman–Crippen LogP) is 1.89. The molecule has 0 atom stereocenters. The number of anilines is 1. The van der Waals surface area contributed by atoms with Crippen molar-refractivity contribution in [1.82, 2.24) is 4.98 Å². The molecule has 0 saturated carbocycles. The summed E-state index contributed by atoms with van der Waals surface area (Å²) in [5, 5.41) is 0. The van der Waals surface area contributed by atoms with Crippen molar-refractivity contribution >= 4 is 28.3 Å². The van der Waals surface area contributed by atoms with Crippen molar-refractivity contribution in [3.8, 4) is 0 Å². The van der Waals surface area contributed by atoms with Gasteiger partial charge in [0.05, 0.1) is 9.26 Å². The number of hydrogen-bond donors (Lipinski definition) is 1. The molecule has 0 saturated heterocycles. The van der Waals surface area contributed by atoms with Crippen molar-refractivity contribution in [2.24, 2.45) is 0 Å². The largest absolute Gasteiger partial charge is 0.398 e. The first-order chi connectivity index (χ1) is 4.61. The summed E-state index contributed by atoms with van der Waals surface area (Å²) in [7, 11) is 0. The molecule has 0 spiro atoms. The zero-order valence-corrected chi connectivity index (χ0v) is 8.14. The summed E-state index contributed by atoms with van der Waals surface area (Å²) in [4.78, 5) is 4.25. The number of rotatable bonds is 0. The summed E-state index contributed by atoms with van der Waals surface area (Å²) in [6.07, 6.45) is 0. The summed E-state index contributed by atoms with van der Waals surface area (Å²) in [5.74, 6) is 0. The van der Waals surface area contributed by atoms with Crippen LogP contribution in [0.25, 0.3) is 0 Å². The van der Waals surface area contributed by atoms with Crippen molar-refractivity contribution in [2.45, 2.75) is 13.8 Å². The molecule has 1 heterocycles. The highest BCUT2D eigenvalue weighted by Gasteiger charge is 2.00. The molecule has 2 nitrogen and oxygen atoms in total. The topological polar surface area (TPSA) is 38.9 Å². The minimum Gasteiger partial charge on any atom is -0.398 e. The molecular formula is C7H9IN2. The number of aromatic nitrogens is 1. The third-order valence-corrected chi connectivity index (χ3v) is 2.68. The lowest BCUT2D eigenvalue weighted by Crippen LogP contribution is -1.96. The number of nitrogens with zero attached hydrogens (tertiary/aromatic N) is 1. The third-order valence-electron chi connectivity index (χ3n) is 1.28. The molecule has 0 aliphatic heterocycles. The molecular weight excluding hydrogens is 239 g/mol. The molecule has 0 bridgehead atoms. The zero-order chi connectivity index (χ0) is 7.72. The number of nitrogen functional groups attached to an aromatic ring is 1. The molecule has 54 valence electrons. The normalized spacial score (nSPS) is 9.90. The van der Waals surface area contributed by atoms with Gasteiger partial charge in [0.25, 0.3) is 0 Å². The maximum atomic E-state index is 5.67. The van der Waals surface area contributed by atoms with E-state index < -0.39 is 0 Å². The summed E-state index contributed by atoms with van der Waals surface area (Å²) in [5.41, 5.74) is 8.49. The van der Waals surface area contributed by atoms with E-state index in [1.807, 2.05) is 19.9 Å². The Balaban J connectivity index is 3.31. The monoisotopic (exact) mass is 248 g/mol. The highest BCUT2D eigenvalue weighted by Crippen LogP contribution is 2.17. The van der Waals surface area contributed by atoms with Crippen LogP contribution in [0.2, 0.25) is 0 Å². The molecule has 0 aromatic carbocycles. The van der Waals surface area contributed by atoms with Crippen LogP contribution in [0.3, 0.4) is 0 Å². The molecule has 0 aliphatic rings. The number of aryl methyl sites for hydroxylation is 2. The van der Waals surface area contributed by atoms with Gasteiger partial charge in [-0.15, -0.1) is 0 Å². The highest BCUT2D eigenvalue weighted by molar-refractivity contribution is 14.1. The number of nitrogens with two attached hydrogens (primary N) is 1. The average Bonchev–Trinajstić information content (AvgIpc) is 1.82. The maximum absolute atomic E-state index is 5.67. The standard InChI is InChI=1S/C7H9IN2/c1-4-3-6(9)7(8)5(2)10-4/h3H,1-2H3,(H2,9,10). The zero-order valence-electron chi connectivity index (χ0n) is 5.98. The molecule has 1 aromatic rings. The van der Waals surface area contributed by atoms with Gasteiger partial charge in [-0.3, -0.25) is 4.98 Å². The highest BCUT2D eigenvalue weighted by atomic mass is 127. The average molecular weight is 248 g/mol. The summed E-state index contributed by atoms with van der Waals surface area (Å²) in [6, 6.07) is 1.88. The smallest absolute Gasteiger partial charge is 0.0572 e. The Morgan fingerprint density at radius 2 is 2.10 bits per heavy atom. The van der Waals surface area contributed by atoms with Crippen LogP contribution in [0, 0.1) is 17.4 Å². The van der Waals surface area contributed by atoms with Crippen LogP contribution in [0.5, 0.6) is 0 Å². The summed E-state index contributed by atoms with van der Waals surface area (Å²) < 4.78 is 1.06. The molecule has 1 rings (SSSR count). The van der Waals surface area contributed by atoms with Crippen molar-refractivity contribution in [3.05, 3.63) is 21.0 Å². The van der Waals surface area contributed by atoms with E-state index in [-0.39, 0.29) is 0 Å². The lowest BCUT2D eigenvalue weighted by atomic mass is 10.3. The van der Waals surface area contributed by atoms with E-state index >= 15 is 0 Å². The molecule has 3 heteroatoms. The predicted molar refractivity (Wildman–Crippen MR) is 50.8 cm³/mol. The molecule has 10 heavy (non-hydrogen) atoms. The number of halogens is 1. The Morgan fingerprint density at radius 3 is 2.60 bits per heavy atom. The maximum Gasteiger partial charge on any atom is 0.0572 e. The van der Waals surface area contributed by atoms with E-state index in [1.54, 1.807) is 0 Å². The van der Waals surface area contributed by atoms with Crippen LogP contribution in [-0.4, -0.2) is 4.98 Å². The Morgan fingerprint density at radius 1 is 1.50 bits per heavy atom. The van der Waals surface area contributed by atoms with Crippen LogP contribution in [0.15, 0.2) is 6.07 Å². The summed E-state index contributed by atoms with van der Waals surface area (Å²) >= 11 is 2.20. The van der Waals surface area contributed by atoms with E-state index in [0.29, 0.717) is 0 Å². The van der Waals surface area contributed by atoms with Gasteiger partial charge in [-0.1, -0.05) is 0 Å². The van der Waals surface area contributed by atoms with Crippen molar-refractivity contribution in [3.63, 3.8) is 0 Å². The second kappa shape index (κ2) is 2.74. The Bertz CT molecular complexity index is 235. The fraction of sp³-hybridized carbons (Fsp3) is 0.286. The SMILES string of the molecule is Cc1cc(N)c(I)c(C)n1. The van der Waals surface area contributed by atoms with Crippen molar-refractivity contribution < 1.29 is 0 Å². The van der Waals surface area contributed by atoms with Gasteiger partial charge in [0, 0.05) is 11.4 Å². The second-order valence-electron chi connectivity index (χ2n) is 2.25. The van der Waals surface area contributed by atoms with E-state index in [4.69, 9.17) is 5.73 Å². The first kappa shape index (κ1) is 7.78. The first-order valence-corrected chi connectivity index (χ1v) is 4.08. The summed E-state index contributed by atoms with van der Waals surface area (Å²) in [6.45, 7) is 3.91. The van der Waals surface area contributed by atoms with Crippen LogP contribution in [0.1, 0.15) is 11.4 Å². The van der Waals surface area contributed by atoms with Crippen molar-refractivity contribution in [1.29, 1.82) is 0 Å². The van der Waals surface area contributed by atoms with Gasteiger partial charge in [-0.25, -0.2) is 0 Å². The van der Waals surface area contributed by atoms with E-state index in [0.717, 1.165) is 20.6 Å². The molecule has 0 radical (unpaired) electrons. The molecule has 0 amide bonds. The van der Waals surface area contributed by atoms with E-state index in [9.17, 15) is 0 Å². The van der Waals surface area contributed by atoms with Gasteiger partial charge in [0.15, 0.2) is 0 Å². The van der Waals surface area contributed by atoms with Crippen LogP contribution < -0.4 is 5.73 Å². The van der Waals surface area contributed by atoms with Crippen LogP contribution in [0.4, 0.5) is 5.69 Å². The molecule has 0 fully saturated rings. The quantitative estimate of drug-likeness (QED) is 0.712.